The number of hydrogen-bond acceptors (Lipinski definition) is 1. The van der Waals surface area contributed by atoms with Crippen molar-refractivity contribution in [3.05, 3.63) is 70.2 Å². The molecule has 3 nitrogen and oxygen atoms in total. The topological polar surface area (TPSA) is 32.3 Å². The van der Waals surface area contributed by atoms with Gasteiger partial charge in [0.2, 0.25) is 0 Å². The van der Waals surface area contributed by atoms with E-state index < -0.39 is 0 Å². The monoisotopic (exact) mass is 360 g/mol. The molecule has 0 bridgehead atoms. The molecular weight excluding hydrogens is 340 g/mol. The molecule has 0 radical (unpaired) electrons. The summed E-state index contributed by atoms with van der Waals surface area (Å²) >= 11 is 3.44. The van der Waals surface area contributed by atoms with Gasteiger partial charge in [-0.3, -0.25) is 0 Å². The van der Waals surface area contributed by atoms with E-state index in [1.807, 2.05) is 73.3 Å². The Bertz CT molecular complexity index is 613. The van der Waals surface area contributed by atoms with Crippen molar-refractivity contribution < 1.29 is 4.79 Å². The molecule has 0 aliphatic heterocycles. The van der Waals surface area contributed by atoms with Gasteiger partial charge in [0, 0.05) is 23.6 Å². The van der Waals surface area contributed by atoms with E-state index >= 15 is 0 Å². The number of amides is 2. The average Bonchev–Trinajstić information content (AvgIpc) is 2.51. The molecule has 0 heterocycles. The Morgan fingerprint density at radius 3 is 2.41 bits per heavy atom. The van der Waals surface area contributed by atoms with Gasteiger partial charge in [-0.2, -0.15) is 0 Å². The number of urea groups is 1. The van der Waals surface area contributed by atoms with Crippen LogP contribution in [0.2, 0.25) is 0 Å². The molecule has 22 heavy (non-hydrogen) atoms. The first-order valence-electron chi connectivity index (χ1n) is 7.39. The van der Waals surface area contributed by atoms with Gasteiger partial charge < -0.3 is 10.2 Å². The molecule has 2 rings (SSSR count). The summed E-state index contributed by atoms with van der Waals surface area (Å²) < 4.78 is 1.02. The zero-order chi connectivity index (χ0) is 15.9. The summed E-state index contributed by atoms with van der Waals surface area (Å²) in [7, 11) is 0. The molecule has 1 N–H and O–H groups in total. The molecule has 0 unspecified atom stereocenters. The normalized spacial score (nSPS) is 10.5. The van der Waals surface area contributed by atoms with E-state index in [9.17, 15) is 4.79 Å². The third-order valence-electron chi connectivity index (χ3n) is 3.41. The van der Waals surface area contributed by atoms with Gasteiger partial charge in [-0.25, -0.2) is 4.79 Å². The summed E-state index contributed by atoms with van der Waals surface area (Å²) in [6.07, 6.45) is 0. The van der Waals surface area contributed by atoms with E-state index in [1.165, 1.54) is 0 Å². The van der Waals surface area contributed by atoms with Crippen LogP contribution in [-0.2, 0) is 13.1 Å². The van der Waals surface area contributed by atoms with E-state index in [-0.39, 0.29) is 12.1 Å². The molecule has 0 saturated carbocycles. The minimum absolute atomic E-state index is 0.0428. The molecule has 0 spiro atoms. The van der Waals surface area contributed by atoms with Crippen molar-refractivity contribution in [1.29, 1.82) is 0 Å². The van der Waals surface area contributed by atoms with Gasteiger partial charge in [0.1, 0.15) is 0 Å². The Hall–Kier alpha value is -1.81. The quantitative estimate of drug-likeness (QED) is 0.831. The standard InChI is InChI=1S/C18H21BrN2O/c1-14(2)21(13-15-7-4-3-5-8-15)18(22)20-12-16-9-6-10-17(19)11-16/h3-11,14H,12-13H2,1-2H3,(H,20,22). The SMILES string of the molecule is CC(C)N(Cc1ccccc1)C(=O)NCc1cccc(Br)c1. The number of benzene rings is 2. The number of halogens is 1. The van der Waals surface area contributed by atoms with Crippen LogP contribution in [0.4, 0.5) is 4.79 Å². The average molecular weight is 361 g/mol. The van der Waals surface area contributed by atoms with Crippen molar-refractivity contribution >= 4 is 22.0 Å². The number of carbonyl (C=O) groups excluding carboxylic acids is 1. The van der Waals surface area contributed by atoms with Crippen molar-refractivity contribution in [2.45, 2.75) is 33.0 Å². The minimum Gasteiger partial charge on any atom is -0.334 e. The summed E-state index contributed by atoms with van der Waals surface area (Å²) in [6.45, 7) is 5.20. The first-order chi connectivity index (χ1) is 10.6. The predicted octanol–water partition coefficient (Wildman–Crippen LogP) is 4.57. The molecule has 0 fully saturated rings. The molecule has 116 valence electrons. The van der Waals surface area contributed by atoms with Gasteiger partial charge in [-0.1, -0.05) is 58.4 Å². The lowest BCUT2D eigenvalue weighted by Gasteiger charge is -2.27. The molecular formula is C18H21BrN2O. The maximum absolute atomic E-state index is 12.5. The maximum atomic E-state index is 12.5. The molecule has 0 atom stereocenters. The Morgan fingerprint density at radius 2 is 1.77 bits per heavy atom. The van der Waals surface area contributed by atoms with E-state index in [1.54, 1.807) is 0 Å². The first kappa shape index (κ1) is 16.6. The largest absolute Gasteiger partial charge is 0.334 e. The third-order valence-corrected chi connectivity index (χ3v) is 3.91. The van der Waals surface area contributed by atoms with Crippen molar-refractivity contribution in [2.24, 2.45) is 0 Å². The van der Waals surface area contributed by atoms with Crippen molar-refractivity contribution in [2.75, 3.05) is 0 Å². The van der Waals surface area contributed by atoms with Gasteiger partial charge in [0.25, 0.3) is 0 Å². The zero-order valence-electron chi connectivity index (χ0n) is 12.9. The fourth-order valence-electron chi connectivity index (χ4n) is 2.20. The number of rotatable bonds is 5. The van der Waals surface area contributed by atoms with Crippen LogP contribution < -0.4 is 5.32 Å². The number of carbonyl (C=O) groups is 1. The highest BCUT2D eigenvalue weighted by Gasteiger charge is 2.16. The van der Waals surface area contributed by atoms with Crippen LogP contribution in [0.1, 0.15) is 25.0 Å². The molecule has 2 aromatic rings. The van der Waals surface area contributed by atoms with Crippen molar-refractivity contribution in [1.82, 2.24) is 10.2 Å². The Balaban J connectivity index is 1.98. The fourth-order valence-corrected chi connectivity index (χ4v) is 2.64. The van der Waals surface area contributed by atoms with Gasteiger partial charge in [0.15, 0.2) is 0 Å². The van der Waals surface area contributed by atoms with Crippen LogP contribution >= 0.6 is 15.9 Å². The Morgan fingerprint density at radius 1 is 1.09 bits per heavy atom. The highest BCUT2D eigenvalue weighted by molar-refractivity contribution is 9.10. The molecule has 0 aliphatic rings. The summed E-state index contributed by atoms with van der Waals surface area (Å²) in [4.78, 5) is 14.3. The summed E-state index contributed by atoms with van der Waals surface area (Å²) in [5.74, 6) is 0. The van der Waals surface area contributed by atoms with Crippen molar-refractivity contribution in [3.8, 4) is 0 Å². The lowest BCUT2D eigenvalue weighted by molar-refractivity contribution is 0.179. The van der Waals surface area contributed by atoms with Crippen LogP contribution in [-0.4, -0.2) is 17.0 Å². The summed E-state index contributed by atoms with van der Waals surface area (Å²) in [5.41, 5.74) is 2.21. The van der Waals surface area contributed by atoms with E-state index in [4.69, 9.17) is 0 Å². The fraction of sp³-hybridized carbons (Fsp3) is 0.278. The first-order valence-corrected chi connectivity index (χ1v) is 8.18. The van der Waals surface area contributed by atoms with Crippen LogP contribution in [0.15, 0.2) is 59.1 Å². The van der Waals surface area contributed by atoms with Gasteiger partial charge in [-0.15, -0.1) is 0 Å². The summed E-state index contributed by atoms with van der Waals surface area (Å²) in [5, 5.41) is 2.99. The number of nitrogens with zero attached hydrogens (tertiary/aromatic N) is 1. The lowest BCUT2D eigenvalue weighted by Crippen LogP contribution is -2.43. The molecule has 4 heteroatoms. The predicted molar refractivity (Wildman–Crippen MR) is 93.5 cm³/mol. The molecule has 0 aromatic heterocycles. The van der Waals surface area contributed by atoms with Crippen LogP contribution in [0.25, 0.3) is 0 Å². The second-order valence-electron chi connectivity index (χ2n) is 5.50. The second-order valence-corrected chi connectivity index (χ2v) is 6.41. The second kappa shape index (κ2) is 7.99. The highest BCUT2D eigenvalue weighted by Crippen LogP contribution is 2.12. The molecule has 0 saturated heterocycles. The van der Waals surface area contributed by atoms with Gasteiger partial charge in [-0.05, 0) is 37.1 Å². The van der Waals surface area contributed by atoms with E-state index in [0.717, 1.165) is 15.6 Å². The minimum atomic E-state index is -0.0428. The molecule has 0 aliphatic carbocycles. The molecule has 2 aromatic carbocycles. The number of nitrogens with one attached hydrogen (secondary N) is 1. The van der Waals surface area contributed by atoms with E-state index in [2.05, 4.69) is 21.2 Å². The maximum Gasteiger partial charge on any atom is 0.318 e. The smallest absolute Gasteiger partial charge is 0.318 e. The Kier molecular flexibility index (Phi) is 6.01. The van der Waals surface area contributed by atoms with Crippen LogP contribution in [0.5, 0.6) is 0 Å². The van der Waals surface area contributed by atoms with Gasteiger partial charge >= 0.3 is 6.03 Å². The third kappa shape index (κ3) is 4.88. The summed E-state index contributed by atoms with van der Waals surface area (Å²) in [6, 6.07) is 18.1. The number of hydrogen-bond donors (Lipinski definition) is 1. The molecule has 2 amide bonds. The highest BCUT2D eigenvalue weighted by atomic mass is 79.9. The zero-order valence-corrected chi connectivity index (χ0v) is 14.5. The Labute approximate surface area is 140 Å². The van der Waals surface area contributed by atoms with Gasteiger partial charge in [0.05, 0.1) is 0 Å². The van der Waals surface area contributed by atoms with Crippen molar-refractivity contribution in [3.63, 3.8) is 0 Å². The van der Waals surface area contributed by atoms with E-state index in [0.29, 0.717) is 13.1 Å². The van der Waals surface area contributed by atoms with Crippen LogP contribution in [0, 0.1) is 0 Å². The van der Waals surface area contributed by atoms with Crippen LogP contribution in [0.3, 0.4) is 0 Å². The lowest BCUT2D eigenvalue weighted by atomic mass is 10.2.